The van der Waals surface area contributed by atoms with Crippen LogP contribution in [0.4, 0.5) is 0 Å². The SMILES string of the molecule is O=C(CN=C1NS(=O)(=O)c2ccccc21)N1CCC[C@H]2CCCC[C@H]21. The molecule has 2 aliphatic heterocycles. The van der Waals surface area contributed by atoms with Crippen molar-refractivity contribution in [1.82, 2.24) is 9.62 Å². The summed E-state index contributed by atoms with van der Waals surface area (Å²) in [6.45, 7) is 0.794. The van der Waals surface area contributed by atoms with Crippen molar-refractivity contribution in [2.45, 2.75) is 49.5 Å². The maximum Gasteiger partial charge on any atom is 0.263 e. The first-order valence-corrected chi connectivity index (χ1v) is 10.5. The molecule has 0 spiro atoms. The lowest BCUT2D eigenvalue weighted by atomic mass is 9.78. The van der Waals surface area contributed by atoms with Crippen LogP contribution in [0.15, 0.2) is 34.2 Å². The highest BCUT2D eigenvalue weighted by molar-refractivity contribution is 7.90. The van der Waals surface area contributed by atoms with Gasteiger partial charge in [-0.2, -0.15) is 0 Å². The summed E-state index contributed by atoms with van der Waals surface area (Å²) in [6, 6.07) is 7.08. The van der Waals surface area contributed by atoms with Crippen LogP contribution in [0.5, 0.6) is 0 Å². The average molecular weight is 361 g/mol. The maximum atomic E-state index is 12.7. The summed E-state index contributed by atoms with van der Waals surface area (Å²) in [5, 5.41) is 0. The van der Waals surface area contributed by atoms with Gasteiger partial charge >= 0.3 is 0 Å². The molecule has 0 unspecified atom stereocenters. The van der Waals surface area contributed by atoms with Gasteiger partial charge in [-0.25, -0.2) is 8.42 Å². The molecule has 2 fully saturated rings. The zero-order valence-corrected chi connectivity index (χ0v) is 15.0. The van der Waals surface area contributed by atoms with E-state index in [2.05, 4.69) is 9.71 Å². The standard InChI is InChI=1S/C18H23N3O3S/c22-17(21-11-5-7-13-6-1-3-9-15(13)21)12-19-18-14-8-2-4-10-16(14)25(23,24)20-18/h2,4,8,10,13,15H,1,3,5-7,9,11-12H2,(H,19,20)/t13-,15-/m1/s1. The second kappa shape index (κ2) is 6.44. The Balaban J connectivity index is 1.51. The van der Waals surface area contributed by atoms with Crippen LogP contribution in [-0.2, 0) is 14.8 Å². The van der Waals surface area contributed by atoms with Gasteiger partial charge in [-0.3, -0.25) is 14.5 Å². The number of hydrogen-bond acceptors (Lipinski definition) is 4. The molecule has 7 heteroatoms. The van der Waals surface area contributed by atoms with E-state index in [9.17, 15) is 13.2 Å². The Bertz CT molecular complexity index is 817. The van der Waals surface area contributed by atoms with E-state index in [4.69, 9.17) is 0 Å². The van der Waals surface area contributed by atoms with Gasteiger partial charge in [0.25, 0.3) is 10.0 Å². The number of carbonyl (C=O) groups is 1. The topological polar surface area (TPSA) is 78.8 Å². The van der Waals surface area contributed by atoms with Crippen LogP contribution in [0.25, 0.3) is 0 Å². The van der Waals surface area contributed by atoms with Crippen molar-refractivity contribution in [3.63, 3.8) is 0 Å². The van der Waals surface area contributed by atoms with E-state index >= 15 is 0 Å². The molecule has 2 atom stereocenters. The molecule has 0 aromatic heterocycles. The highest BCUT2D eigenvalue weighted by Gasteiger charge is 2.36. The number of amidine groups is 1. The van der Waals surface area contributed by atoms with Gasteiger partial charge in [0, 0.05) is 18.2 Å². The van der Waals surface area contributed by atoms with Crippen LogP contribution in [0, 0.1) is 5.92 Å². The number of likely N-dealkylation sites (tertiary alicyclic amines) is 1. The number of sulfonamides is 1. The Morgan fingerprint density at radius 2 is 1.92 bits per heavy atom. The Labute approximate surface area is 148 Å². The van der Waals surface area contributed by atoms with Crippen molar-refractivity contribution in [1.29, 1.82) is 0 Å². The van der Waals surface area contributed by atoms with Gasteiger partial charge in [0.05, 0.1) is 4.90 Å². The molecule has 1 saturated heterocycles. The van der Waals surface area contributed by atoms with Gasteiger partial charge < -0.3 is 4.90 Å². The van der Waals surface area contributed by atoms with Crippen molar-refractivity contribution in [3.05, 3.63) is 29.8 Å². The molecule has 1 aromatic rings. The minimum Gasteiger partial charge on any atom is -0.338 e. The Morgan fingerprint density at radius 3 is 2.80 bits per heavy atom. The molecule has 1 saturated carbocycles. The second-order valence-corrected chi connectivity index (χ2v) is 8.76. The van der Waals surface area contributed by atoms with Crippen LogP contribution >= 0.6 is 0 Å². The summed E-state index contributed by atoms with van der Waals surface area (Å²) in [5.41, 5.74) is 0.546. The highest BCUT2D eigenvalue weighted by Crippen LogP contribution is 2.35. The number of rotatable bonds is 2. The van der Waals surface area contributed by atoms with E-state index < -0.39 is 10.0 Å². The Kier molecular flexibility index (Phi) is 4.27. The zero-order chi connectivity index (χ0) is 17.4. The average Bonchev–Trinajstić information content (AvgIpc) is 2.90. The largest absolute Gasteiger partial charge is 0.338 e. The normalized spacial score (nSPS) is 29.0. The quantitative estimate of drug-likeness (QED) is 0.874. The lowest BCUT2D eigenvalue weighted by Gasteiger charge is -2.44. The Hall–Kier alpha value is -1.89. The van der Waals surface area contributed by atoms with E-state index in [-0.39, 0.29) is 23.2 Å². The molecule has 4 rings (SSSR count). The van der Waals surface area contributed by atoms with Gasteiger partial charge in [0.2, 0.25) is 5.91 Å². The monoisotopic (exact) mass is 361 g/mol. The number of fused-ring (bicyclic) bond motifs is 2. The molecule has 1 aliphatic carbocycles. The number of amides is 1. The van der Waals surface area contributed by atoms with Crippen LogP contribution < -0.4 is 4.72 Å². The molecule has 134 valence electrons. The number of carbonyl (C=O) groups excluding carboxylic acids is 1. The summed E-state index contributed by atoms with van der Waals surface area (Å²) in [7, 11) is -3.55. The van der Waals surface area contributed by atoms with Crippen molar-refractivity contribution in [2.75, 3.05) is 13.1 Å². The van der Waals surface area contributed by atoms with E-state index in [0.29, 0.717) is 17.5 Å². The Morgan fingerprint density at radius 1 is 1.16 bits per heavy atom. The molecular formula is C18H23N3O3S. The van der Waals surface area contributed by atoms with Crippen LogP contribution in [-0.4, -0.2) is 44.2 Å². The number of hydrogen-bond donors (Lipinski definition) is 1. The van der Waals surface area contributed by atoms with Crippen molar-refractivity contribution < 1.29 is 13.2 Å². The zero-order valence-electron chi connectivity index (χ0n) is 14.1. The fourth-order valence-electron chi connectivity index (χ4n) is 4.42. The van der Waals surface area contributed by atoms with Crippen molar-refractivity contribution in [2.24, 2.45) is 10.9 Å². The van der Waals surface area contributed by atoms with Gasteiger partial charge in [-0.15, -0.1) is 0 Å². The molecule has 0 bridgehead atoms. The molecular weight excluding hydrogens is 338 g/mol. The van der Waals surface area contributed by atoms with Gasteiger partial charge in [0.15, 0.2) is 0 Å². The molecule has 6 nitrogen and oxygen atoms in total. The first-order valence-electron chi connectivity index (χ1n) is 9.02. The predicted molar refractivity (Wildman–Crippen MR) is 94.9 cm³/mol. The van der Waals surface area contributed by atoms with Gasteiger partial charge in [-0.05, 0) is 43.7 Å². The number of benzene rings is 1. The van der Waals surface area contributed by atoms with Crippen LogP contribution in [0.2, 0.25) is 0 Å². The molecule has 25 heavy (non-hydrogen) atoms. The summed E-state index contributed by atoms with van der Waals surface area (Å²) < 4.78 is 26.7. The van der Waals surface area contributed by atoms with E-state index in [1.54, 1.807) is 24.3 Å². The summed E-state index contributed by atoms with van der Waals surface area (Å²) in [6.07, 6.45) is 7.03. The second-order valence-electron chi connectivity index (χ2n) is 7.11. The lowest BCUT2D eigenvalue weighted by Crippen LogP contribution is -2.50. The van der Waals surface area contributed by atoms with Crippen LogP contribution in [0.1, 0.15) is 44.1 Å². The summed E-state index contributed by atoms with van der Waals surface area (Å²) >= 11 is 0. The third-order valence-corrected chi connectivity index (χ3v) is 7.00. The summed E-state index contributed by atoms with van der Waals surface area (Å²) in [5.74, 6) is 0.915. The number of nitrogens with one attached hydrogen (secondary N) is 1. The molecule has 1 N–H and O–H groups in total. The predicted octanol–water partition coefficient (Wildman–Crippen LogP) is 1.91. The smallest absolute Gasteiger partial charge is 0.263 e. The van der Waals surface area contributed by atoms with Crippen molar-refractivity contribution in [3.8, 4) is 0 Å². The fourth-order valence-corrected chi connectivity index (χ4v) is 5.67. The molecule has 3 aliphatic rings. The van der Waals surface area contributed by atoms with E-state index in [1.807, 2.05) is 4.90 Å². The van der Waals surface area contributed by atoms with Crippen LogP contribution in [0.3, 0.4) is 0 Å². The number of piperidine rings is 1. The summed E-state index contributed by atoms with van der Waals surface area (Å²) in [4.78, 5) is 19.3. The minimum atomic E-state index is -3.55. The third-order valence-electron chi connectivity index (χ3n) is 5.60. The van der Waals surface area contributed by atoms with Gasteiger partial charge in [-0.1, -0.05) is 25.0 Å². The molecule has 2 heterocycles. The molecule has 1 aromatic carbocycles. The first-order chi connectivity index (χ1) is 12.1. The maximum absolute atomic E-state index is 12.7. The van der Waals surface area contributed by atoms with E-state index in [0.717, 1.165) is 19.4 Å². The molecule has 0 radical (unpaired) electrons. The lowest BCUT2D eigenvalue weighted by molar-refractivity contribution is -0.135. The molecule has 1 amide bonds. The fraction of sp³-hybridized carbons (Fsp3) is 0.556. The number of aliphatic imine (C=N–C) groups is 1. The van der Waals surface area contributed by atoms with Crippen molar-refractivity contribution >= 4 is 21.8 Å². The van der Waals surface area contributed by atoms with Gasteiger partial charge in [0.1, 0.15) is 12.4 Å². The third kappa shape index (κ3) is 3.05. The highest BCUT2D eigenvalue weighted by atomic mass is 32.2. The van der Waals surface area contributed by atoms with E-state index in [1.165, 1.54) is 25.7 Å². The first kappa shape index (κ1) is 16.6. The minimum absolute atomic E-state index is 0.00456. The number of nitrogens with zero attached hydrogens (tertiary/aromatic N) is 2.